The molecule has 0 radical (unpaired) electrons. The van der Waals surface area contributed by atoms with Crippen LogP contribution >= 0.6 is 0 Å². The van der Waals surface area contributed by atoms with Crippen LogP contribution in [0.2, 0.25) is 0 Å². The van der Waals surface area contributed by atoms with Gasteiger partial charge in [-0.1, -0.05) is 6.92 Å². The lowest BCUT2D eigenvalue weighted by atomic mass is 10.2. The maximum atomic E-state index is 12.9. The van der Waals surface area contributed by atoms with E-state index in [2.05, 4.69) is 9.82 Å². The molecule has 10 heteroatoms. The van der Waals surface area contributed by atoms with E-state index in [1.807, 2.05) is 6.92 Å². The number of halogens is 3. The molecule has 0 unspecified atom stereocenters. The van der Waals surface area contributed by atoms with Gasteiger partial charge in [0.15, 0.2) is 5.65 Å². The SMILES string of the molecule is CCCNS(=O)(=O)c1ccc2c(c1)c1cn(C)nc1n2-c1ccc(C(F)(F)F)cc1. The van der Waals surface area contributed by atoms with E-state index >= 15 is 0 Å². The quantitative estimate of drug-likeness (QED) is 0.509. The van der Waals surface area contributed by atoms with Gasteiger partial charge in [-0.3, -0.25) is 9.25 Å². The predicted molar refractivity (Wildman–Crippen MR) is 108 cm³/mol. The van der Waals surface area contributed by atoms with Crippen molar-refractivity contribution in [2.45, 2.75) is 24.4 Å². The van der Waals surface area contributed by atoms with Crippen molar-refractivity contribution in [1.82, 2.24) is 19.1 Å². The summed E-state index contributed by atoms with van der Waals surface area (Å²) in [5.41, 5.74) is 0.947. The summed E-state index contributed by atoms with van der Waals surface area (Å²) in [5.74, 6) is 0. The van der Waals surface area contributed by atoms with Crippen molar-refractivity contribution in [3.05, 3.63) is 54.2 Å². The van der Waals surface area contributed by atoms with E-state index in [0.29, 0.717) is 40.6 Å². The highest BCUT2D eigenvalue weighted by molar-refractivity contribution is 7.89. The highest BCUT2D eigenvalue weighted by Gasteiger charge is 2.30. The van der Waals surface area contributed by atoms with Crippen molar-refractivity contribution in [2.24, 2.45) is 7.05 Å². The highest BCUT2D eigenvalue weighted by Crippen LogP contribution is 2.34. The zero-order chi connectivity index (χ0) is 21.7. The Labute approximate surface area is 171 Å². The summed E-state index contributed by atoms with van der Waals surface area (Å²) in [6, 6.07) is 9.49. The lowest BCUT2D eigenvalue weighted by Crippen LogP contribution is -2.24. The Bertz CT molecular complexity index is 1340. The number of alkyl halides is 3. The van der Waals surface area contributed by atoms with Crippen molar-refractivity contribution >= 4 is 32.0 Å². The number of sulfonamides is 1. The number of hydrogen-bond acceptors (Lipinski definition) is 3. The fraction of sp³-hybridized carbons (Fsp3) is 0.250. The Morgan fingerprint density at radius 3 is 2.40 bits per heavy atom. The van der Waals surface area contributed by atoms with Gasteiger partial charge in [-0.15, -0.1) is 0 Å². The lowest BCUT2D eigenvalue weighted by molar-refractivity contribution is -0.137. The van der Waals surface area contributed by atoms with Crippen molar-refractivity contribution < 1.29 is 21.6 Å². The van der Waals surface area contributed by atoms with E-state index in [1.54, 1.807) is 34.6 Å². The number of rotatable bonds is 5. The molecule has 0 saturated heterocycles. The highest BCUT2D eigenvalue weighted by atomic mass is 32.2. The topological polar surface area (TPSA) is 68.9 Å². The van der Waals surface area contributed by atoms with Gasteiger partial charge in [0.25, 0.3) is 0 Å². The summed E-state index contributed by atoms with van der Waals surface area (Å²) in [4.78, 5) is 0.124. The zero-order valence-electron chi connectivity index (χ0n) is 16.2. The molecule has 0 spiro atoms. The van der Waals surface area contributed by atoms with Gasteiger partial charge in [0.05, 0.1) is 16.0 Å². The van der Waals surface area contributed by atoms with Crippen LogP contribution in [0.1, 0.15) is 18.9 Å². The first-order chi connectivity index (χ1) is 14.1. The van der Waals surface area contributed by atoms with E-state index in [4.69, 9.17) is 0 Å². The normalized spacial score (nSPS) is 12.8. The Hall–Kier alpha value is -2.85. The molecule has 0 saturated carbocycles. The Kier molecular flexibility index (Phi) is 4.86. The first kappa shape index (κ1) is 20.4. The third-order valence-corrected chi connectivity index (χ3v) is 6.28. The van der Waals surface area contributed by atoms with Gasteiger partial charge in [-0.25, -0.2) is 13.1 Å². The van der Waals surface area contributed by atoms with Gasteiger partial charge < -0.3 is 0 Å². The molecule has 30 heavy (non-hydrogen) atoms. The van der Waals surface area contributed by atoms with Gasteiger partial charge >= 0.3 is 6.18 Å². The maximum absolute atomic E-state index is 12.9. The molecule has 0 atom stereocenters. The minimum atomic E-state index is -4.42. The van der Waals surface area contributed by atoms with Crippen LogP contribution in [0.15, 0.2) is 53.6 Å². The molecular formula is C20H19F3N4O2S. The number of fused-ring (bicyclic) bond motifs is 3. The summed E-state index contributed by atoms with van der Waals surface area (Å²) in [6.07, 6.45) is -2.00. The fourth-order valence-corrected chi connectivity index (χ4v) is 4.58. The van der Waals surface area contributed by atoms with Gasteiger partial charge in [0, 0.05) is 36.2 Å². The van der Waals surface area contributed by atoms with Crippen LogP contribution in [0.25, 0.3) is 27.6 Å². The molecule has 4 aromatic rings. The number of nitrogens with one attached hydrogen (secondary N) is 1. The average Bonchev–Trinajstić information content (AvgIpc) is 3.20. The summed E-state index contributed by atoms with van der Waals surface area (Å²) in [7, 11) is -1.94. The third kappa shape index (κ3) is 3.46. The Balaban J connectivity index is 1.92. The number of aromatic nitrogens is 3. The molecule has 2 heterocycles. The van der Waals surface area contributed by atoms with Gasteiger partial charge in [0.2, 0.25) is 10.0 Å². The van der Waals surface area contributed by atoms with Crippen molar-refractivity contribution in [3.63, 3.8) is 0 Å². The third-order valence-electron chi connectivity index (χ3n) is 4.83. The maximum Gasteiger partial charge on any atom is 0.416 e. The number of aryl methyl sites for hydroxylation is 1. The van der Waals surface area contributed by atoms with Crippen molar-refractivity contribution in [3.8, 4) is 5.69 Å². The van der Waals surface area contributed by atoms with Crippen LogP contribution in [0, 0.1) is 0 Å². The molecule has 2 aromatic carbocycles. The molecule has 0 amide bonds. The Morgan fingerprint density at radius 2 is 1.77 bits per heavy atom. The second-order valence-electron chi connectivity index (χ2n) is 7.00. The van der Waals surface area contributed by atoms with E-state index in [1.165, 1.54) is 18.2 Å². The minimum Gasteiger partial charge on any atom is -0.292 e. The van der Waals surface area contributed by atoms with Crippen molar-refractivity contribution in [1.29, 1.82) is 0 Å². The monoisotopic (exact) mass is 436 g/mol. The van der Waals surface area contributed by atoms with Crippen LogP contribution in [-0.2, 0) is 23.2 Å². The van der Waals surface area contributed by atoms with Gasteiger partial charge in [-0.2, -0.15) is 18.3 Å². The second-order valence-corrected chi connectivity index (χ2v) is 8.76. The fourth-order valence-electron chi connectivity index (χ4n) is 3.42. The van der Waals surface area contributed by atoms with E-state index in [0.717, 1.165) is 12.1 Å². The molecule has 0 bridgehead atoms. The van der Waals surface area contributed by atoms with E-state index in [-0.39, 0.29) is 4.90 Å². The molecule has 6 nitrogen and oxygen atoms in total. The average molecular weight is 436 g/mol. The van der Waals surface area contributed by atoms with Crippen LogP contribution in [0.3, 0.4) is 0 Å². The molecule has 0 fully saturated rings. The lowest BCUT2D eigenvalue weighted by Gasteiger charge is -2.10. The van der Waals surface area contributed by atoms with Gasteiger partial charge in [0.1, 0.15) is 0 Å². The molecule has 2 aromatic heterocycles. The standard InChI is InChI=1S/C20H19F3N4O2S/c1-3-10-24-30(28,29)15-8-9-18-16(11-15)17-12-26(2)25-19(17)27(18)14-6-4-13(5-7-14)20(21,22)23/h4-9,11-12,24H,3,10H2,1-2H3. The summed E-state index contributed by atoms with van der Waals surface area (Å²) < 4.78 is 69.7. The molecule has 0 aliphatic rings. The summed E-state index contributed by atoms with van der Waals surface area (Å²) in [6.45, 7) is 2.20. The molecule has 0 aliphatic carbocycles. The number of benzene rings is 2. The zero-order valence-corrected chi connectivity index (χ0v) is 17.0. The van der Waals surface area contributed by atoms with E-state index < -0.39 is 21.8 Å². The van der Waals surface area contributed by atoms with E-state index in [9.17, 15) is 21.6 Å². The Morgan fingerprint density at radius 1 is 1.07 bits per heavy atom. The first-order valence-electron chi connectivity index (χ1n) is 9.27. The smallest absolute Gasteiger partial charge is 0.292 e. The second kappa shape index (κ2) is 7.13. The predicted octanol–water partition coefficient (Wildman–Crippen LogP) is 4.22. The summed E-state index contributed by atoms with van der Waals surface area (Å²) in [5, 5.41) is 5.79. The van der Waals surface area contributed by atoms with Crippen molar-refractivity contribution in [2.75, 3.05) is 6.54 Å². The molecule has 4 rings (SSSR count). The van der Waals surface area contributed by atoms with Crippen LogP contribution in [0.4, 0.5) is 13.2 Å². The van der Waals surface area contributed by atoms with Crippen LogP contribution in [0.5, 0.6) is 0 Å². The number of hydrogen-bond donors (Lipinski definition) is 1. The van der Waals surface area contributed by atoms with Crippen LogP contribution in [-0.4, -0.2) is 29.3 Å². The first-order valence-corrected chi connectivity index (χ1v) is 10.8. The van der Waals surface area contributed by atoms with Gasteiger partial charge in [-0.05, 0) is 48.9 Å². The molecule has 0 aliphatic heterocycles. The minimum absolute atomic E-state index is 0.124. The molecule has 1 N–H and O–H groups in total. The number of nitrogens with zero attached hydrogens (tertiary/aromatic N) is 3. The summed E-state index contributed by atoms with van der Waals surface area (Å²) >= 11 is 0. The molecule has 158 valence electrons. The largest absolute Gasteiger partial charge is 0.416 e. The van der Waals surface area contributed by atoms with Crippen LogP contribution < -0.4 is 4.72 Å². The molecular weight excluding hydrogens is 417 g/mol.